The van der Waals surface area contributed by atoms with E-state index in [9.17, 15) is 9.59 Å². The Morgan fingerprint density at radius 2 is 1.74 bits per heavy atom. The number of methoxy groups -OCH3 is 2. The van der Waals surface area contributed by atoms with Crippen LogP contribution >= 0.6 is 39.1 Å². The van der Waals surface area contributed by atoms with E-state index in [0.717, 1.165) is 0 Å². The summed E-state index contributed by atoms with van der Waals surface area (Å²) in [5.74, 6) is -0.0777. The third kappa shape index (κ3) is 6.59. The van der Waals surface area contributed by atoms with E-state index in [4.69, 9.17) is 32.7 Å². The molecule has 2 amide bonds. The Hall–Kier alpha value is -2.29. The Morgan fingerprint density at radius 3 is 2.32 bits per heavy atom. The highest BCUT2D eigenvalue weighted by Gasteiger charge is 2.25. The number of halogens is 3. The van der Waals surface area contributed by atoms with E-state index in [1.165, 1.54) is 32.6 Å². The molecular weight excluding hydrogens is 509 g/mol. The van der Waals surface area contributed by atoms with E-state index in [1.54, 1.807) is 18.2 Å². The van der Waals surface area contributed by atoms with E-state index in [-0.39, 0.29) is 16.5 Å². The van der Waals surface area contributed by atoms with Crippen molar-refractivity contribution in [3.05, 3.63) is 56.0 Å². The maximum Gasteiger partial charge on any atom is 0.262 e. The van der Waals surface area contributed by atoms with Crippen LogP contribution in [-0.4, -0.2) is 38.3 Å². The van der Waals surface area contributed by atoms with Crippen LogP contribution in [0.25, 0.3) is 0 Å². The van der Waals surface area contributed by atoms with Gasteiger partial charge in [0.15, 0.2) is 11.5 Å². The van der Waals surface area contributed by atoms with Crippen molar-refractivity contribution >= 4 is 57.2 Å². The zero-order valence-corrected chi connectivity index (χ0v) is 20.4. The zero-order valence-electron chi connectivity index (χ0n) is 17.3. The monoisotopic (exact) mass is 529 g/mol. The average molecular weight is 531 g/mol. The lowest BCUT2D eigenvalue weighted by molar-refractivity contribution is -0.123. The third-order valence-electron chi connectivity index (χ3n) is 4.29. The molecule has 0 aliphatic carbocycles. The Bertz CT molecular complexity index is 999. The second-order valence-corrected chi connectivity index (χ2v) is 8.48. The summed E-state index contributed by atoms with van der Waals surface area (Å²) in [6.07, 6.45) is 1.46. The highest BCUT2D eigenvalue weighted by Crippen LogP contribution is 2.32. The molecule has 2 rings (SSSR count). The van der Waals surface area contributed by atoms with Gasteiger partial charge in [-0.05, 0) is 52.2 Å². The number of rotatable bonds is 8. The maximum absolute atomic E-state index is 12.6. The lowest BCUT2D eigenvalue weighted by atomic mass is 10.0. The minimum atomic E-state index is -0.828. The Kier molecular flexibility index (Phi) is 9.15. The van der Waals surface area contributed by atoms with Crippen molar-refractivity contribution in [1.82, 2.24) is 10.7 Å². The van der Waals surface area contributed by atoms with Gasteiger partial charge in [-0.1, -0.05) is 37.0 Å². The molecule has 10 heteroatoms. The number of hydrogen-bond donors (Lipinski definition) is 2. The second kappa shape index (κ2) is 11.4. The van der Waals surface area contributed by atoms with Crippen LogP contribution < -0.4 is 20.2 Å². The van der Waals surface area contributed by atoms with Crippen LogP contribution in [0.1, 0.15) is 29.8 Å². The third-order valence-corrected chi connectivity index (χ3v) is 5.53. The SMILES string of the molecule is COc1cc(Br)c(C=NNC(=O)C(NC(=O)c2ccc(Cl)cc2Cl)C(C)C)cc1OC. The number of nitrogens with zero attached hydrogens (tertiary/aromatic N) is 1. The van der Waals surface area contributed by atoms with Crippen LogP contribution in [0.5, 0.6) is 11.5 Å². The summed E-state index contributed by atoms with van der Waals surface area (Å²) in [5.41, 5.74) is 3.34. The summed E-state index contributed by atoms with van der Waals surface area (Å²) in [7, 11) is 3.06. The summed E-state index contributed by atoms with van der Waals surface area (Å²) in [4.78, 5) is 25.2. The van der Waals surface area contributed by atoms with Crippen molar-refractivity contribution in [2.24, 2.45) is 11.0 Å². The molecule has 0 saturated carbocycles. The molecule has 0 aliphatic heterocycles. The maximum atomic E-state index is 12.6. The fraction of sp³-hybridized carbons (Fsp3) is 0.286. The molecule has 1 atom stereocenters. The quantitative estimate of drug-likeness (QED) is 0.383. The van der Waals surface area contributed by atoms with E-state index in [0.29, 0.717) is 26.6 Å². The fourth-order valence-corrected chi connectivity index (χ4v) is 3.55. The number of carbonyl (C=O) groups excluding carboxylic acids is 2. The number of ether oxygens (including phenoxy) is 2. The van der Waals surface area contributed by atoms with Crippen LogP contribution in [0, 0.1) is 5.92 Å². The number of amides is 2. The topological polar surface area (TPSA) is 89.0 Å². The van der Waals surface area contributed by atoms with E-state index >= 15 is 0 Å². The highest BCUT2D eigenvalue weighted by atomic mass is 79.9. The number of carbonyl (C=O) groups is 2. The first-order valence-electron chi connectivity index (χ1n) is 9.18. The van der Waals surface area contributed by atoms with Crippen LogP contribution in [0.15, 0.2) is 39.9 Å². The number of hydrazone groups is 1. The zero-order chi connectivity index (χ0) is 23.1. The van der Waals surface area contributed by atoms with Crippen molar-refractivity contribution in [3.63, 3.8) is 0 Å². The summed E-state index contributed by atoms with van der Waals surface area (Å²) < 4.78 is 11.2. The normalized spacial score (nSPS) is 12.0. The van der Waals surface area contributed by atoms with Gasteiger partial charge in [0, 0.05) is 15.1 Å². The minimum Gasteiger partial charge on any atom is -0.493 e. The van der Waals surface area contributed by atoms with Gasteiger partial charge in [0.1, 0.15) is 6.04 Å². The summed E-state index contributed by atoms with van der Waals surface area (Å²) in [5, 5.41) is 7.30. The van der Waals surface area contributed by atoms with Gasteiger partial charge >= 0.3 is 0 Å². The highest BCUT2D eigenvalue weighted by molar-refractivity contribution is 9.10. The van der Waals surface area contributed by atoms with E-state index in [1.807, 2.05) is 13.8 Å². The average Bonchev–Trinajstić information content (AvgIpc) is 2.72. The summed E-state index contributed by atoms with van der Waals surface area (Å²) >= 11 is 15.4. The van der Waals surface area contributed by atoms with Gasteiger partial charge < -0.3 is 14.8 Å². The fourth-order valence-electron chi connectivity index (χ4n) is 2.63. The second-order valence-electron chi connectivity index (χ2n) is 6.78. The standard InChI is InChI=1S/C21H22BrCl2N3O4/c1-11(2)19(26-20(28)14-6-5-13(23)8-16(14)24)21(29)27-25-10-12-7-17(30-3)18(31-4)9-15(12)22/h5-11,19H,1-4H3,(H,26,28)(H,27,29). The van der Waals surface area contributed by atoms with Crippen molar-refractivity contribution in [3.8, 4) is 11.5 Å². The summed E-state index contributed by atoms with van der Waals surface area (Å²) in [6, 6.07) is 7.14. The van der Waals surface area contributed by atoms with Gasteiger partial charge in [-0.25, -0.2) is 5.43 Å². The number of benzene rings is 2. The Balaban J connectivity index is 2.12. The van der Waals surface area contributed by atoms with Gasteiger partial charge in [0.2, 0.25) is 0 Å². The Labute approximate surface area is 199 Å². The van der Waals surface area contributed by atoms with Crippen molar-refractivity contribution in [2.75, 3.05) is 14.2 Å². The molecule has 0 aromatic heterocycles. The first-order chi connectivity index (χ1) is 14.7. The molecule has 2 aromatic carbocycles. The molecule has 0 bridgehead atoms. The molecule has 0 heterocycles. The lowest BCUT2D eigenvalue weighted by Crippen LogP contribution is -2.48. The molecule has 31 heavy (non-hydrogen) atoms. The molecule has 0 spiro atoms. The predicted octanol–water partition coefficient (Wildman–Crippen LogP) is 4.68. The largest absolute Gasteiger partial charge is 0.493 e. The van der Waals surface area contributed by atoms with Crippen molar-refractivity contribution < 1.29 is 19.1 Å². The van der Waals surface area contributed by atoms with E-state index < -0.39 is 17.9 Å². The molecule has 0 fully saturated rings. The van der Waals surface area contributed by atoms with Crippen LogP contribution in [-0.2, 0) is 4.79 Å². The molecule has 2 N–H and O–H groups in total. The van der Waals surface area contributed by atoms with Gasteiger partial charge in [-0.3, -0.25) is 9.59 Å². The number of hydrogen-bond acceptors (Lipinski definition) is 5. The number of nitrogens with one attached hydrogen (secondary N) is 2. The van der Waals surface area contributed by atoms with Gasteiger partial charge in [-0.2, -0.15) is 5.10 Å². The predicted molar refractivity (Wildman–Crippen MR) is 126 cm³/mol. The molecule has 0 radical (unpaired) electrons. The van der Waals surface area contributed by atoms with Crippen LogP contribution in [0.2, 0.25) is 10.0 Å². The lowest BCUT2D eigenvalue weighted by Gasteiger charge is -2.20. The molecule has 7 nitrogen and oxygen atoms in total. The Morgan fingerprint density at radius 1 is 1.10 bits per heavy atom. The van der Waals surface area contributed by atoms with E-state index in [2.05, 4.69) is 31.8 Å². The molecule has 0 saturated heterocycles. The molecule has 166 valence electrons. The van der Waals surface area contributed by atoms with Gasteiger partial charge in [-0.15, -0.1) is 0 Å². The molecule has 1 unspecified atom stereocenters. The van der Waals surface area contributed by atoms with Gasteiger partial charge in [0.05, 0.1) is 31.0 Å². The molecular formula is C21H22BrCl2N3O4. The van der Waals surface area contributed by atoms with Gasteiger partial charge in [0.25, 0.3) is 11.8 Å². The first-order valence-corrected chi connectivity index (χ1v) is 10.7. The molecule has 0 aliphatic rings. The first kappa shape index (κ1) is 25.0. The molecule has 2 aromatic rings. The van der Waals surface area contributed by atoms with Crippen LogP contribution in [0.3, 0.4) is 0 Å². The van der Waals surface area contributed by atoms with Crippen molar-refractivity contribution in [1.29, 1.82) is 0 Å². The van der Waals surface area contributed by atoms with Crippen molar-refractivity contribution in [2.45, 2.75) is 19.9 Å². The smallest absolute Gasteiger partial charge is 0.262 e. The summed E-state index contributed by atoms with van der Waals surface area (Å²) in [6.45, 7) is 3.62. The minimum absolute atomic E-state index is 0.196. The van der Waals surface area contributed by atoms with Crippen LogP contribution in [0.4, 0.5) is 0 Å².